The zero-order valence-corrected chi connectivity index (χ0v) is 21.0. The lowest BCUT2D eigenvalue weighted by Crippen LogP contribution is -2.39. The molecule has 4 heterocycles. The van der Waals surface area contributed by atoms with Crippen LogP contribution in [0.5, 0.6) is 5.88 Å². The first kappa shape index (κ1) is 23.6. The van der Waals surface area contributed by atoms with Crippen molar-refractivity contribution in [1.29, 1.82) is 0 Å². The first-order valence-corrected chi connectivity index (χ1v) is 12.4. The van der Waals surface area contributed by atoms with E-state index in [0.29, 0.717) is 24.0 Å². The zero-order chi connectivity index (χ0) is 24.6. The van der Waals surface area contributed by atoms with Crippen molar-refractivity contribution in [3.05, 3.63) is 51.8 Å². The molecule has 9 heteroatoms. The summed E-state index contributed by atoms with van der Waals surface area (Å²) in [4.78, 5) is 22.7. The average Bonchev–Trinajstić information content (AvgIpc) is 3.12. The topological polar surface area (TPSA) is 92.2 Å². The molecule has 1 N–H and O–H groups in total. The number of pyridine rings is 1. The van der Waals surface area contributed by atoms with Gasteiger partial charge in [0.25, 0.3) is 0 Å². The van der Waals surface area contributed by atoms with Gasteiger partial charge < -0.3 is 14.5 Å². The maximum absolute atomic E-state index is 13.2. The molecule has 184 valence electrons. The maximum Gasteiger partial charge on any atom is 0.415 e. The molecule has 0 spiro atoms. The fraction of sp³-hybridized carbons (Fsp3) is 0.462. The van der Waals surface area contributed by atoms with Crippen LogP contribution in [0.2, 0.25) is 0 Å². The van der Waals surface area contributed by atoms with E-state index in [-0.39, 0.29) is 12.0 Å². The molecule has 0 saturated heterocycles. The first-order chi connectivity index (χ1) is 16.8. The Balaban J connectivity index is 1.50. The number of fused-ring (bicyclic) bond motifs is 3. The third kappa shape index (κ3) is 4.98. The predicted molar refractivity (Wildman–Crippen MR) is 135 cm³/mol. The quantitative estimate of drug-likeness (QED) is 0.663. The van der Waals surface area contributed by atoms with Crippen molar-refractivity contribution in [2.75, 3.05) is 11.4 Å². The lowest BCUT2D eigenvalue weighted by atomic mass is 9.81. The minimum absolute atomic E-state index is 0.121. The number of allylic oxidation sites excluding steroid dienone is 1. The van der Waals surface area contributed by atoms with Gasteiger partial charge in [-0.3, -0.25) is 4.90 Å². The number of azo groups is 1. The van der Waals surface area contributed by atoms with Crippen molar-refractivity contribution in [2.24, 2.45) is 16.1 Å². The molecule has 8 nitrogen and oxygen atoms in total. The van der Waals surface area contributed by atoms with Gasteiger partial charge in [0.1, 0.15) is 11.7 Å². The number of carbonyl (C=O) groups excluding carboxylic acids is 1. The molecule has 2 aromatic rings. The number of aromatic amines is 1. The van der Waals surface area contributed by atoms with Crippen LogP contribution in [0.1, 0.15) is 52.0 Å². The van der Waals surface area contributed by atoms with Gasteiger partial charge in [-0.05, 0) is 70.1 Å². The standard InChI is InChI=1S/C26H30ClN5O3/c1-26(2,3)35-25(33)32-13-11-19(27)22(23-24(32)18-14-29-30-15-20(18)31-23)16-7-9-17(10-8-16)34-21-6-4-5-12-28-21/h4-6,11-12,15-17,31H,7-10,13-14H2,1-3H3. The van der Waals surface area contributed by atoms with Crippen molar-refractivity contribution >= 4 is 35.2 Å². The van der Waals surface area contributed by atoms with Crippen LogP contribution in [0.3, 0.4) is 0 Å². The number of amides is 1. The van der Waals surface area contributed by atoms with Gasteiger partial charge in [0, 0.05) is 29.4 Å². The highest BCUT2D eigenvalue weighted by atomic mass is 35.5. The molecule has 5 rings (SSSR count). The molecule has 1 aliphatic carbocycles. The fourth-order valence-electron chi connectivity index (χ4n) is 4.95. The molecule has 2 aliphatic heterocycles. The second kappa shape index (κ2) is 9.49. The second-order valence-corrected chi connectivity index (χ2v) is 10.5. The number of hydrogen-bond donors (Lipinski definition) is 1. The second-order valence-electron chi connectivity index (χ2n) is 10.1. The van der Waals surface area contributed by atoms with Gasteiger partial charge in [0.05, 0.1) is 29.1 Å². The van der Waals surface area contributed by atoms with E-state index in [2.05, 4.69) is 20.2 Å². The molecule has 1 fully saturated rings. The highest BCUT2D eigenvalue weighted by molar-refractivity contribution is 6.36. The Morgan fingerprint density at radius 1 is 1.20 bits per heavy atom. The van der Waals surface area contributed by atoms with Crippen LogP contribution in [0.15, 0.2) is 45.7 Å². The maximum atomic E-state index is 13.2. The summed E-state index contributed by atoms with van der Waals surface area (Å²) < 4.78 is 11.8. The first-order valence-electron chi connectivity index (χ1n) is 12.1. The van der Waals surface area contributed by atoms with Crippen molar-refractivity contribution in [3.63, 3.8) is 0 Å². The molecular weight excluding hydrogens is 466 g/mol. The van der Waals surface area contributed by atoms with E-state index in [0.717, 1.165) is 53.2 Å². The molecule has 0 radical (unpaired) electrons. The fourth-order valence-corrected chi connectivity index (χ4v) is 5.27. The largest absolute Gasteiger partial charge is 0.474 e. The number of hydrogen-bond acceptors (Lipinski definition) is 6. The Labute approximate surface area is 209 Å². The lowest BCUT2D eigenvalue weighted by Gasteiger charge is -2.30. The van der Waals surface area contributed by atoms with Crippen LogP contribution in [0, 0.1) is 5.92 Å². The Bertz CT molecular complexity index is 1280. The number of carbonyl (C=O) groups is 1. The van der Waals surface area contributed by atoms with Gasteiger partial charge >= 0.3 is 6.09 Å². The lowest BCUT2D eigenvalue weighted by molar-refractivity contribution is 0.0584. The average molecular weight is 496 g/mol. The number of halogens is 1. The van der Waals surface area contributed by atoms with Crippen molar-refractivity contribution in [2.45, 2.75) is 64.7 Å². The molecule has 1 saturated carbocycles. The number of nitrogens with zero attached hydrogens (tertiary/aromatic N) is 4. The Morgan fingerprint density at radius 2 is 2.00 bits per heavy atom. The highest BCUT2D eigenvalue weighted by Crippen LogP contribution is 2.38. The minimum Gasteiger partial charge on any atom is -0.474 e. The molecule has 1 amide bonds. The van der Waals surface area contributed by atoms with Gasteiger partial charge in [-0.2, -0.15) is 10.2 Å². The minimum atomic E-state index is -0.613. The zero-order valence-electron chi connectivity index (χ0n) is 20.3. The number of anilines is 1. The number of rotatable bonds is 3. The Morgan fingerprint density at radius 3 is 2.71 bits per heavy atom. The van der Waals surface area contributed by atoms with Crippen LogP contribution in [0.4, 0.5) is 10.5 Å². The smallest absolute Gasteiger partial charge is 0.415 e. The van der Waals surface area contributed by atoms with Gasteiger partial charge in [-0.25, -0.2) is 9.78 Å². The Hall–Kier alpha value is -3.13. The normalized spacial score (nSPS) is 21.9. The van der Waals surface area contributed by atoms with Crippen molar-refractivity contribution in [1.82, 2.24) is 9.97 Å². The van der Waals surface area contributed by atoms with Crippen LogP contribution in [-0.2, 0) is 11.3 Å². The van der Waals surface area contributed by atoms with E-state index in [9.17, 15) is 4.79 Å². The van der Waals surface area contributed by atoms with Gasteiger partial charge in [0.2, 0.25) is 5.88 Å². The van der Waals surface area contributed by atoms with E-state index in [1.807, 2.05) is 45.0 Å². The molecule has 0 unspecified atom stereocenters. The monoisotopic (exact) mass is 495 g/mol. The molecular formula is C26H30ClN5O3. The summed E-state index contributed by atoms with van der Waals surface area (Å²) >= 11 is 6.91. The van der Waals surface area contributed by atoms with Crippen LogP contribution < -0.4 is 20.3 Å². The predicted octanol–water partition coefficient (Wildman–Crippen LogP) is 4.78. The van der Waals surface area contributed by atoms with Crippen molar-refractivity contribution in [3.8, 4) is 5.88 Å². The van der Waals surface area contributed by atoms with Crippen LogP contribution >= 0.6 is 11.6 Å². The Kier molecular flexibility index (Phi) is 6.40. The summed E-state index contributed by atoms with van der Waals surface area (Å²) in [7, 11) is 0. The third-order valence-electron chi connectivity index (χ3n) is 6.48. The molecule has 35 heavy (non-hydrogen) atoms. The summed E-state index contributed by atoms with van der Waals surface area (Å²) in [5.41, 5.74) is 2.15. The van der Waals surface area contributed by atoms with Gasteiger partial charge in [-0.1, -0.05) is 17.7 Å². The molecule has 2 aromatic heterocycles. The van der Waals surface area contributed by atoms with E-state index >= 15 is 0 Å². The molecule has 0 atom stereocenters. The van der Waals surface area contributed by atoms with Gasteiger partial charge in [0.15, 0.2) is 0 Å². The molecule has 3 aliphatic rings. The number of H-pyrrole nitrogens is 1. The summed E-state index contributed by atoms with van der Waals surface area (Å²) in [5, 5.41) is 10.6. The number of nitrogens with one attached hydrogen (secondary N) is 1. The van der Waals surface area contributed by atoms with E-state index in [4.69, 9.17) is 21.1 Å². The SMILES string of the molecule is CC(C)(C)OC(=O)N1CC=C(Cl)C(C2CCC(Oc3ccccn3)CC2)=c2[nH]c3c(c21)CN=NC=3. The van der Waals surface area contributed by atoms with Crippen molar-refractivity contribution < 1.29 is 14.3 Å². The molecule has 0 bridgehead atoms. The molecule has 0 aromatic carbocycles. The van der Waals surface area contributed by atoms with Gasteiger partial charge in [-0.15, -0.1) is 0 Å². The summed E-state index contributed by atoms with van der Waals surface area (Å²) in [6.45, 7) is 6.31. The number of aromatic nitrogens is 2. The summed E-state index contributed by atoms with van der Waals surface area (Å²) in [6.07, 6.45) is 8.71. The summed E-state index contributed by atoms with van der Waals surface area (Å²) in [6, 6.07) is 5.70. The number of ether oxygens (including phenoxy) is 2. The van der Waals surface area contributed by atoms with E-state index in [1.165, 1.54) is 0 Å². The highest BCUT2D eigenvalue weighted by Gasteiger charge is 2.33. The third-order valence-corrected chi connectivity index (χ3v) is 6.83. The van der Waals surface area contributed by atoms with Crippen LogP contribution in [-0.4, -0.2) is 34.3 Å². The van der Waals surface area contributed by atoms with E-state index in [1.54, 1.807) is 17.3 Å². The van der Waals surface area contributed by atoms with E-state index < -0.39 is 11.7 Å². The van der Waals surface area contributed by atoms with Crippen LogP contribution in [0.25, 0.3) is 11.8 Å². The summed E-state index contributed by atoms with van der Waals surface area (Å²) in [5.74, 6) is 0.889.